The van der Waals surface area contributed by atoms with E-state index in [0.29, 0.717) is 0 Å². The molecule has 22 heavy (non-hydrogen) atoms. The van der Waals surface area contributed by atoms with Crippen molar-refractivity contribution in [3.05, 3.63) is 24.3 Å². The summed E-state index contributed by atoms with van der Waals surface area (Å²) in [7, 11) is 0. The molecule has 4 nitrogen and oxygen atoms in total. The van der Waals surface area contributed by atoms with Gasteiger partial charge in [0.2, 0.25) is 0 Å². The second-order valence-corrected chi connectivity index (χ2v) is 5.20. The fraction of sp³-hybridized carbons (Fsp3) is 0.765. The van der Waals surface area contributed by atoms with E-state index in [4.69, 9.17) is 0 Å². The molecule has 0 unspecified atom stereocenters. The maximum atomic E-state index is 9.53. The molecule has 0 aromatic rings. The number of hydrogen-bond acceptors (Lipinski definition) is 4. The van der Waals surface area contributed by atoms with E-state index in [-0.39, 0.29) is 18.6 Å². The fourth-order valence-electron chi connectivity index (χ4n) is 0.340. The number of allylic oxidation sites excluding steroid dienone is 4. The molecular weight excluding hydrogens is 319 g/mol. The van der Waals surface area contributed by atoms with Gasteiger partial charge >= 0.3 is 18.6 Å². The van der Waals surface area contributed by atoms with Crippen LogP contribution in [0.3, 0.4) is 0 Å². The van der Waals surface area contributed by atoms with E-state index in [1.807, 2.05) is 12.2 Å². The fourth-order valence-corrected chi connectivity index (χ4v) is 0.340. The minimum atomic E-state index is -0.417. The van der Waals surface area contributed by atoms with Crippen molar-refractivity contribution in [2.45, 2.75) is 86.2 Å². The summed E-state index contributed by atoms with van der Waals surface area (Å²) in [5.74, 6) is 0. The van der Waals surface area contributed by atoms with Crippen LogP contribution in [0.5, 0.6) is 0 Å². The monoisotopic (exact) mass is 352 g/mol. The Balaban J connectivity index is -0.0000000544. The first-order valence-corrected chi connectivity index (χ1v) is 7.28. The van der Waals surface area contributed by atoms with Crippen molar-refractivity contribution in [1.29, 1.82) is 0 Å². The van der Waals surface area contributed by atoms with Crippen molar-refractivity contribution in [3.8, 4) is 0 Å². The van der Waals surface area contributed by atoms with Crippen molar-refractivity contribution in [2.75, 3.05) is 0 Å². The van der Waals surface area contributed by atoms with Crippen LogP contribution in [0, 0.1) is 6.08 Å². The summed E-state index contributed by atoms with van der Waals surface area (Å²) in [6.45, 7) is 12.9. The molecule has 0 bridgehead atoms. The Kier molecular flexibility index (Phi) is 44.1. The average Bonchev–Trinajstić information content (AvgIpc) is 2.68. The van der Waals surface area contributed by atoms with Gasteiger partial charge in [0.25, 0.3) is 0 Å². The summed E-state index contributed by atoms with van der Waals surface area (Å²) in [6, 6.07) is 0. The Hall–Kier alpha value is -0.0956. The van der Waals surface area contributed by atoms with Crippen molar-refractivity contribution < 1.29 is 39.0 Å². The molecule has 1 aliphatic rings. The second-order valence-electron chi connectivity index (χ2n) is 5.20. The van der Waals surface area contributed by atoms with Crippen molar-refractivity contribution in [1.82, 2.24) is 0 Å². The van der Waals surface area contributed by atoms with Crippen LogP contribution in [0.2, 0.25) is 0 Å². The summed E-state index contributed by atoms with van der Waals surface area (Å²) in [4.78, 5) is 0. The minimum absolute atomic E-state index is 0. The normalized spacial score (nSPS) is 10.5. The molecule has 0 aromatic carbocycles. The summed E-state index contributed by atoms with van der Waals surface area (Å²) >= 11 is 0. The predicted molar refractivity (Wildman–Crippen MR) is 82.1 cm³/mol. The van der Waals surface area contributed by atoms with E-state index in [1.165, 1.54) is 0 Å². The Morgan fingerprint density at radius 1 is 0.682 bits per heavy atom. The van der Waals surface area contributed by atoms with Crippen molar-refractivity contribution in [2.24, 2.45) is 0 Å². The van der Waals surface area contributed by atoms with E-state index in [0.717, 1.165) is 6.42 Å². The third-order valence-corrected chi connectivity index (χ3v) is 0.586. The molecule has 0 saturated carbocycles. The molecule has 1 radical (unpaired) electrons. The van der Waals surface area contributed by atoms with Crippen LogP contribution in [0.1, 0.15) is 61.8 Å². The first-order chi connectivity index (χ1) is 9.43. The van der Waals surface area contributed by atoms with Crippen LogP contribution >= 0.6 is 0 Å². The first-order valence-electron chi connectivity index (χ1n) is 7.28. The van der Waals surface area contributed by atoms with Crippen LogP contribution in [0.25, 0.3) is 0 Å². The SMILES string of the molecule is CC(C)[O-].CC(C)[O-].CC(C)[O-].CC(C)[O-].[C-]1=CC=CC1.[V+4]. The zero-order valence-electron chi connectivity index (χ0n) is 15.3. The van der Waals surface area contributed by atoms with Crippen LogP contribution in [0.4, 0.5) is 0 Å². The molecule has 0 aliphatic heterocycles. The predicted octanol–water partition coefficient (Wildman–Crippen LogP) is 0.324. The molecule has 1 aliphatic carbocycles. The molecule has 1 rings (SSSR count). The van der Waals surface area contributed by atoms with Gasteiger partial charge in [-0.1, -0.05) is 55.4 Å². The van der Waals surface area contributed by atoms with Gasteiger partial charge in [0.1, 0.15) is 0 Å². The van der Waals surface area contributed by atoms with Gasteiger partial charge in [0.05, 0.1) is 0 Å². The maximum absolute atomic E-state index is 9.53. The Labute approximate surface area is 149 Å². The quantitative estimate of drug-likeness (QED) is 0.587. The van der Waals surface area contributed by atoms with Crippen LogP contribution < -0.4 is 20.4 Å². The Morgan fingerprint density at radius 2 is 0.909 bits per heavy atom. The smallest absolute Gasteiger partial charge is 0.852 e. The van der Waals surface area contributed by atoms with Gasteiger partial charge in [0.15, 0.2) is 0 Å². The Bertz CT molecular complexity index is 168. The molecule has 0 heterocycles. The van der Waals surface area contributed by atoms with Gasteiger partial charge in [-0.15, -0.1) is 30.8 Å². The topological polar surface area (TPSA) is 92.2 Å². The minimum Gasteiger partial charge on any atom is -0.852 e. The molecule has 5 heteroatoms. The van der Waals surface area contributed by atoms with Crippen molar-refractivity contribution >= 4 is 0 Å². The molecule has 0 saturated heterocycles. The number of hydrogen-bond donors (Lipinski definition) is 0. The van der Waals surface area contributed by atoms with Gasteiger partial charge < -0.3 is 20.4 Å². The zero-order valence-corrected chi connectivity index (χ0v) is 16.7. The molecule has 0 fully saturated rings. The van der Waals surface area contributed by atoms with Crippen LogP contribution in [-0.2, 0) is 18.6 Å². The molecule has 0 N–H and O–H groups in total. The first kappa shape index (κ1) is 33.5. The maximum Gasteiger partial charge on any atom is 4.00 e. The van der Waals surface area contributed by atoms with Gasteiger partial charge in [-0.25, -0.2) is 12.2 Å². The molecule has 0 atom stereocenters. The average molecular weight is 352 g/mol. The van der Waals surface area contributed by atoms with E-state index >= 15 is 0 Å². The third kappa shape index (κ3) is 296. The number of rotatable bonds is 0. The van der Waals surface area contributed by atoms with Crippen LogP contribution in [-0.4, -0.2) is 24.4 Å². The molecule has 131 valence electrons. The van der Waals surface area contributed by atoms with E-state index in [2.05, 4.69) is 12.2 Å². The largest absolute Gasteiger partial charge is 4.00 e. The van der Waals surface area contributed by atoms with E-state index in [1.54, 1.807) is 55.4 Å². The molecular formula is C17H33O4V-. The summed E-state index contributed by atoms with van der Waals surface area (Å²) in [6.07, 6.45) is 8.33. The molecule has 0 spiro atoms. The third-order valence-electron chi connectivity index (χ3n) is 0.586. The van der Waals surface area contributed by atoms with Gasteiger partial charge in [0, 0.05) is 0 Å². The molecule has 0 aromatic heterocycles. The van der Waals surface area contributed by atoms with E-state index < -0.39 is 24.4 Å². The van der Waals surface area contributed by atoms with Gasteiger partial charge in [-0.2, -0.15) is 6.08 Å². The Morgan fingerprint density at radius 3 is 0.955 bits per heavy atom. The van der Waals surface area contributed by atoms with Crippen LogP contribution in [0.15, 0.2) is 18.2 Å². The zero-order chi connectivity index (χ0) is 17.8. The van der Waals surface area contributed by atoms with Gasteiger partial charge in [-0.05, 0) is 0 Å². The summed E-state index contributed by atoms with van der Waals surface area (Å²) in [5, 5.41) is 38.1. The summed E-state index contributed by atoms with van der Waals surface area (Å²) < 4.78 is 0. The molecule has 0 amide bonds. The van der Waals surface area contributed by atoms with Gasteiger partial charge in [-0.3, -0.25) is 6.08 Å². The van der Waals surface area contributed by atoms with Crippen molar-refractivity contribution in [3.63, 3.8) is 0 Å². The standard InChI is InChI=1S/C5H5.4C3H7O.V/c1-2-4-5-3-1;4*1-3(2)4;/h1-3H,4H2;4*3H,1-2H3;/q5*-1;+4. The second kappa shape index (κ2) is 29.0. The summed E-state index contributed by atoms with van der Waals surface area (Å²) in [5.41, 5.74) is 0. The van der Waals surface area contributed by atoms with E-state index in [9.17, 15) is 20.4 Å².